The maximum absolute atomic E-state index is 9.45. The molecule has 0 radical (unpaired) electrons. The second-order valence-electron chi connectivity index (χ2n) is 5.66. The number of hydrogen-bond acceptors (Lipinski definition) is 4. The Morgan fingerprint density at radius 3 is 2.48 bits per heavy atom. The number of aliphatic hydroxyl groups excluding tert-OH is 1. The average molecular weight is 310 g/mol. The van der Waals surface area contributed by atoms with Gasteiger partial charge < -0.3 is 19.1 Å². The van der Waals surface area contributed by atoms with Crippen molar-refractivity contribution in [3.8, 4) is 22.9 Å². The molecule has 5 heteroatoms. The van der Waals surface area contributed by atoms with Gasteiger partial charge in [0.1, 0.15) is 19.0 Å². The zero-order valence-corrected chi connectivity index (χ0v) is 13.0. The number of aliphatic hydroxyl groups is 1. The molecule has 0 bridgehead atoms. The van der Waals surface area contributed by atoms with Crippen LogP contribution in [0.5, 0.6) is 11.5 Å². The van der Waals surface area contributed by atoms with Gasteiger partial charge in [0.05, 0.1) is 17.6 Å². The highest BCUT2D eigenvalue weighted by Crippen LogP contribution is 2.36. The van der Waals surface area contributed by atoms with E-state index in [1.54, 1.807) is 0 Å². The topological polar surface area (TPSA) is 56.5 Å². The first-order valence-corrected chi connectivity index (χ1v) is 7.74. The van der Waals surface area contributed by atoms with Crippen molar-refractivity contribution in [2.24, 2.45) is 0 Å². The quantitative estimate of drug-likeness (QED) is 0.808. The summed E-state index contributed by atoms with van der Waals surface area (Å²) in [7, 11) is 0. The van der Waals surface area contributed by atoms with E-state index in [0.29, 0.717) is 19.8 Å². The van der Waals surface area contributed by atoms with Crippen LogP contribution in [0.3, 0.4) is 0 Å². The first-order chi connectivity index (χ1) is 11.3. The number of hydrogen-bond donors (Lipinski definition) is 1. The zero-order valence-electron chi connectivity index (χ0n) is 13.0. The summed E-state index contributed by atoms with van der Waals surface area (Å²) >= 11 is 0. The number of ether oxygens (including phenoxy) is 2. The normalized spacial score (nSPS) is 13.5. The summed E-state index contributed by atoms with van der Waals surface area (Å²) in [4.78, 5) is 4.76. The first kappa shape index (κ1) is 14.1. The van der Waals surface area contributed by atoms with Crippen LogP contribution in [-0.2, 0) is 6.54 Å². The molecule has 5 nitrogen and oxygen atoms in total. The van der Waals surface area contributed by atoms with Crippen LogP contribution in [0.1, 0.15) is 5.56 Å². The van der Waals surface area contributed by atoms with E-state index in [1.165, 1.54) is 5.56 Å². The minimum Gasteiger partial charge on any atom is -0.486 e. The molecule has 4 rings (SSSR count). The molecular formula is C18H18N2O3. The third-order valence-electron chi connectivity index (χ3n) is 4.05. The zero-order chi connectivity index (χ0) is 15.8. The van der Waals surface area contributed by atoms with Gasteiger partial charge in [0.2, 0.25) is 0 Å². The number of rotatable bonds is 3. The highest BCUT2D eigenvalue weighted by molar-refractivity contribution is 5.84. The van der Waals surface area contributed by atoms with E-state index in [2.05, 4.69) is 31.2 Å². The highest BCUT2D eigenvalue weighted by atomic mass is 16.6. The SMILES string of the molecule is Cc1ccc(-c2nc3cc4c(cc3n2CCO)OCCO4)cc1. The average Bonchev–Trinajstić information content (AvgIpc) is 2.92. The summed E-state index contributed by atoms with van der Waals surface area (Å²) in [6.45, 7) is 3.71. The largest absolute Gasteiger partial charge is 0.486 e. The van der Waals surface area contributed by atoms with Crippen molar-refractivity contribution in [1.82, 2.24) is 9.55 Å². The summed E-state index contributed by atoms with van der Waals surface area (Å²) in [6, 6.07) is 12.1. The predicted octanol–water partition coefficient (Wildman–Crippen LogP) is 2.78. The molecule has 0 saturated carbocycles. The van der Waals surface area contributed by atoms with Gasteiger partial charge in [0.25, 0.3) is 0 Å². The summed E-state index contributed by atoms with van der Waals surface area (Å²) in [5.41, 5.74) is 4.02. The Morgan fingerprint density at radius 1 is 1.09 bits per heavy atom. The molecule has 23 heavy (non-hydrogen) atoms. The van der Waals surface area contributed by atoms with E-state index >= 15 is 0 Å². The molecule has 0 aliphatic carbocycles. The smallest absolute Gasteiger partial charge is 0.163 e. The van der Waals surface area contributed by atoms with Gasteiger partial charge >= 0.3 is 0 Å². The van der Waals surface area contributed by atoms with Crippen LogP contribution in [-0.4, -0.2) is 34.5 Å². The van der Waals surface area contributed by atoms with Gasteiger partial charge in [-0.25, -0.2) is 4.98 Å². The molecule has 0 saturated heterocycles. The Morgan fingerprint density at radius 2 is 1.78 bits per heavy atom. The lowest BCUT2D eigenvalue weighted by atomic mass is 10.1. The van der Waals surface area contributed by atoms with E-state index in [-0.39, 0.29) is 6.61 Å². The third-order valence-corrected chi connectivity index (χ3v) is 4.05. The standard InChI is InChI=1S/C18H18N2O3/c1-12-2-4-13(5-3-12)18-19-14-10-16-17(23-9-8-22-16)11-15(14)20(18)6-7-21/h2-5,10-11,21H,6-9H2,1H3. The van der Waals surface area contributed by atoms with Crippen LogP contribution < -0.4 is 9.47 Å². The lowest BCUT2D eigenvalue weighted by Crippen LogP contribution is -2.15. The van der Waals surface area contributed by atoms with E-state index in [1.807, 2.05) is 16.7 Å². The molecule has 0 spiro atoms. The first-order valence-electron chi connectivity index (χ1n) is 7.74. The van der Waals surface area contributed by atoms with Gasteiger partial charge in [0.15, 0.2) is 11.5 Å². The molecule has 1 aromatic heterocycles. The second kappa shape index (κ2) is 5.59. The Balaban J connectivity index is 1.92. The molecule has 3 aromatic rings. The minimum absolute atomic E-state index is 0.0543. The van der Waals surface area contributed by atoms with Crippen molar-refractivity contribution in [2.45, 2.75) is 13.5 Å². The van der Waals surface area contributed by atoms with Crippen LogP contribution in [0.25, 0.3) is 22.4 Å². The maximum Gasteiger partial charge on any atom is 0.163 e. The fraction of sp³-hybridized carbons (Fsp3) is 0.278. The van der Waals surface area contributed by atoms with Crippen LogP contribution in [0.15, 0.2) is 36.4 Å². The van der Waals surface area contributed by atoms with Crippen molar-refractivity contribution in [3.63, 3.8) is 0 Å². The third kappa shape index (κ3) is 2.43. The molecule has 0 fully saturated rings. The summed E-state index contributed by atoms with van der Waals surface area (Å²) in [5, 5.41) is 9.45. The van der Waals surface area contributed by atoms with E-state index in [4.69, 9.17) is 14.5 Å². The number of benzene rings is 2. The molecule has 0 atom stereocenters. The van der Waals surface area contributed by atoms with Gasteiger partial charge in [-0.15, -0.1) is 0 Å². The van der Waals surface area contributed by atoms with Gasteiger partial charge in [-0.2, -0.15) is 0 Å². The van der Waals surface area contributed by atoms with Gasteiger partial charge in [-0.1, -0.05) is 29.8 Å². The van der Waals surface area contributed by atoms with Crippen LogP contribution in [0, 0.1) is 6.92 Å². The van der Waals surface area contributed by atoms with Gasteiger partial charge in [-0.05, 0) is 6.92 Å². The monoisotopic (exact) mass is 310 g/mol. The second-order valence-corrected chi connectivity index (χ2v) is 5.66. The van der Waals surface area contributed by atoms with Crippen molar-refractivity contribution < 1.29 is 14.6 Å². The molecule has 2 aromatic carbocycles. The van der Waals surface area contributed by atoms with Crippen molar-refractivity contribution in [2.75, 3.05) is 19.8 Å². The molecule has 0 amide bonds. The Kier molecular flexibility index (Phi) is 3.42. The van der Waals surface area contributed by atoms with Crippen LogP contribution in [0.2, 0.25) is 0 Å². The van der Waals surface area contributed by atoms with Gasteiger partial charge in [-0.3, -0.25) is 0 Å². The number of fused-ring (bicyclic) bond motifs is 2. The number of aromatic nitrogens is 2. The maximum atomic E-state index is 9.45. The number of imidazole rings is 1. The fourth-order valence-electron chi connectivity index (χ4n) is 2.91. The van der Waals surface area contributed by atoms with E-state index < -0.39 is 0 Å². The van der Waals surface area contributed by atoms with Gasteiger partial charge in [0, 0.05) is 24.2 Å². The number of aryl methyl sites for hydroxylation is 1. The van der Waals surface area contributed by atoms with Crippen molar-refractivity contribution in [3.05, 3.63) is 42.0 Å². The molecular weight excluding hydrogens is 292 g/mol. The lowest BCUT2D eigenvalue weighted by Gasteiger charge is -2.18. The van der Waals surface area contributed by atoms with Crippen molar-refractivity contribution in [1.29, 1.82) is 0 Å². The molecule has 2 heterocycles. The molecule has 118 valence electrons. The Bertz CT molecular complexity index is 853. The van der Waals surface area contributed by atoms with Crippen LogP contribution in [0.4, 0.5) is 0 Å². The minimum atomic E-state index is 0.0543. The molecule has 0 unspecified atom stereocenters. The summed E-state index contributed by atoms with van der Waals surface area (Å²) in [5.74, 6) is 2.31. The molecule has 1 N–H and O–H groups in total. The highest BCUT2D eigenvalue weighted by Gasteiger charge is 2.18. The predicted molar refractivity (Wildman–Crippen MR) is 88.0 cm³/mol. The fourth-order valence-corrected chi connectivity index (χ4v) is 2.91. The summed E-state index contributed by atoms with van der Waals surface area (Å²) < 4.78 is 13.3. The van der Waals surface area contributed by atoms with Crippen molar-refractivity contribution >= 4 is 11.0 Å². The van der Waals surface area contributed by atoms with Crippen LogP contribution >= 0.6 is 0 Å². The molecule has 1 aliphatic rings. The Labute approximate surface area is 134 Å². The Hall–Kier alpha value is -2.53. The number of nitrogens with zero attached hydrogens (tertiary/aromatic N) is 2. The van der Waals surface area contributed by atoms with E-state index in [9.17, 15) is 5.11 Å². The molecule has 1 aliphatic heterocycles. The van der Waals surface area contributed by atoms with E-state index in [0.717, 1.165) is 33.9 Å². The summed E-state index contributed by atoms with van der Waals surface area (Å²) in [6.07, 6.45) is 0. The lowest BCUT2D eigenvalue weighted by molar-refractivity contribution is 0.172.